The van der Waals surface area contributed by atoms with Crippen molar-refractivity contribution in [3.63, 3.8) is 0 Å². The van der Waals surface area contributed by atoms with Crippen LogP contribution in [0.1, 0.15) is 23.5 Å². The van der Waals surface area contributed by atoms with E-state index in [0.717, 1.165) is 5.69 Å². The Kier molecular flexibility index (Phi) is 4.20. The number of nitrogens with zero attached hydrogens (tertiary/aromatic N) is 2. The van der Waals surface area contributed by atoms with Crippen LogP contribution in [0.3, 0.4) is 0 Å². The fraction of sp³-hybridized carbons (Fsp3) is 0.312. The molecule has 120 valence electrons. The highest BCUT2D eigenvalue weighted by Gasteiger charge is 2.23. The van der Waals surface area contributed by atoms with Gasteiger partial charge in [-0.25, -0.2) is 9.37 Å². The Labute approximate surface area is 132 Å². The van der Waals surface area contributed by atoms with Gasteiger partial charge in [-0.2, -0.15) is 0 Å². The maximum absolute atomic E-state index is 13.1. The normalized spacial score (nSPS) is 13.8. The van der Waals surface area contributed by atoms with E-state index in [1.54, 1.807) is 19.1 Å². The zero-order valence-corrected chi connectivity index (χ0v) is 12.7. The molecule has 2 heterocycles. The van der Waals surface area contributed by atoms with Gasteiger partial charge >= 0.3 is 0 Å². The number of halogens is 1. The van der Waals surface area contributed by atoms with Crippen molar-refractivity contribution >= 4 is 11.6 Å². The van der Waals surface area contributed by atoms with Crippen LogP contribution in [0.15, 0.2) is 29.1 Å². The van der Waals surface area contributed by atoms with Crippen molar-refractivity contribution in [2.45, 2.75) is 26.4 Å². The number of carbonyl (C=O) groups excluding carboxylic acids is 1. The lowest BCUT2D eigenvalue weighted by atomic mass is 10.3. The van der Waals surface area contributed by atoms with Gasteiger partial charge in [-0.1, -0.05) is 6.07 Å². The van der Waals surface area contributed by atoms with Crippen molar-refractivity contribution in [1.82, 2.24) is 14.9 Å². The van der Waals surface area contributed by atoms with Crippen LogP contribution >= 0.6 is 0 Å². The van der Waals surface area contributed by atoms with Crippen LogP contribution in [0, 0.1) is 12.7 Å². The van der Waals surface area contributed by atoms with E-state index in [1.165, 1.54) is 12.1 Å². The Hall–Kier alpha value is -2.54. The summed E-state index contributed by atoms with van der Waals surface area (Å²) in [4.78, 5) is 32.8. The van der Waals surface area contributed by atoms with Crippen molar-refractivity contribution in [1.29, 1.82) is 0 Å². The molecule has 1 aliphatic rings. The van der Waals surface area contributed by atoms with E-state index in [-0.39, 0.29) is 17.9 Å². The highest BCUT2D eigenvalue weighted by atomic mass is 19.1. The number of nitrogens with one attached hydrogen (secondary N) is 2. The molecule has 7 heteroatoms. The molecule has 6 nitrogen and oxygen atoms in total. The van der Waals surface area contributed by atoms with Crippen molar-refractivity contribution in [2.75, 3.05) is 11.9 Å². The van der Waals surface area contributed by atoms with Gasteiger partial charge in [-0.3, -0.25) is 14.5 Å². The average Bonchev–Trinajstić information content (AvgIpc) is 2.88. The van der Waals surface area contributed by atoms with E-state index in [4.69, 9.17) is 0 Å². The first-order valence-electron chi connectivity index (χ1n) is 7.38. The predicted molar refractivity (Wildman–Crippen MR) is 83.4 cm³/mol. The number of amides is 1. The summed E-state index contributed by atoms with van der Waals surface area (Å²) in [6.07, 6.45) is 0.265. The lowest BCUT2D eigenvalue weighted by Gasteiger charge is -2.13. The van der Waals surface area contributed by atoms with Crippen LogP contribution in [-0.2, 0) is 17.9 Å². The average molecular weight is 316 g/mol. The molecular formula is C16H17FN4O2. The molecule has 3 rings (SSSR count). The molecule has 2 N–H and O–H groups in total. The number of aromatic nitrogens is 2. The van der Waals surface area contributed by atoms with Gasteiger partial charge in [0.1, 0.15) is 11.6 Å². The number of aryl methyl sites for hydroxylation is 1. The Morgan fingerprint density at radius 2 is 2.26 bits per heavy atom. The minimum absolute atomic E-state index is 0.112. The monoisotopic (exact) mass is 316 g/mol. The molecule has 1 aromatic carbocycles. The Balaban J connectivity index is 1.55. The fourth-order valence-corrected chi connectivity index (χ4v) is 2.66. The summed E-state index contributed by atoms with van der Waals surface area (Å²) in [5.74, 6) is 0.0162. The Bertz CT molecular complexity index is 803. The van der Waals surface area contributed by atoms with Gasteiger partial charge in [-0.15, -0.1) is 0 Å². The molecule has 0 saturated carbocycles. The second-order valence-corrected chi connectivity index (χ2v) is 5.60. The van der Waals surface area contributed by atoms with Crippen molar-refractivity contribution in [2.24, 2.45) is 0 Å². The third-order valence-corrected chi connectivity index (χ3v) is 3.74. The van der Waals surface area contributed by atoms with Crippen LogP contribution in [-0.4, -0.2) is 27.3 Å². The molecule has 0 unspecified atom stereocenters. The van der Waals surface area contributed by atoms with Crippen LogP contribution in [0.25, 0.3) is 0 Å². The molecular weight excluding hydrogens is 299 g/mol. The van der Waals surface area contributed by atoms with Gasteiger partial charge in [0.25, 0.3) is 5.56 Å². The van der Waals surface area contributed by atoms with Crippen molar-refractivity contribution in [3.8, 4) is 0 Å². The molecule has 0 spiro atoms. The van der Waals surface area contributed by atoms with Crippen LogP contribution in [0.4, 0.5) is 10.1 Å². The Morgan fingerprint density at radius 1 is 1.43 bits per heavy atom. The van der Waals surface area contributed by atoms with E-state index >= 15 is 0 Å². The second kappa shape index (κ2) is 6.29. The maximum atomic E-state index is 13.1. The third kappa shape index (κ3) is 3.62. The summed E-state index contributed by atoms with van der Waals surface area (Å²) in [5.41, 5.74) is 1.77. The molecule has 0 saturated heterocycles. The molecule has 0 fully saturated rings. The topological polar surface area (TPSA) is 78.1 Å². The molecule has 0 atom stereocenters. The lowest BCUT2D eigenvalue weighted by molar-refractivity contribution is -0.116. The number of benzene rings is 1. The number of aromatic amines is 1. The number of fused-ring (bicyclic) bond motifs is 1. The van der Waals surface area contributed by atoms with Crippen molar-refractivity contribution < 1.29 is 9.18 Å². The van der Waals surface area contributed by atoms with E-state index in [0.29, 0.717) is 36.7 Å². The highest BCUT2D eigenvalue weighted by Crippen LogP contribution is 2.17. The first-order valence-corrected chi connectivity index (χ1v) is 7.38. The molecule has 0 radical (unpaired) electrons. The van der Waals surface area contributed by atoms with E-state index in [1.807, 2.05) is 4.90 Å². The van der Waals surface area contributed by atoms with Crippen LogP contribution in [0.5, 0.6) is 0 Å². The fourth-order valence-electron chi connectivity index (χ4n) is 2.66. The zero-order valence-electron chi connectivity index (χ0n) is 12.7. The van der Waals surface area contributed by atoms with Gasteiger partial charge in [0.15, 0.2) is 0 Å². The lowest BCUT2D eigenvalue weighted by Crippen LogP contribution is -2.24. The predicted octanol–water partition coefficient (Wildman–Crippen LogP) is 1.56. The summed E-state index contributed by atoms with van der Waals surface area (Å²) in [6, 6.07) is 5.78. The number of hydrogen-bond donors (Lipinski definition) is 2. The smallest absolute Gasteiger partial charge is 0.255 e. The standard InChI is InChI=1S/C16H17FN4O2/c1-10-18-14-9-21(8-13(14)16(23)19-10)6-5-15(22)20-12-4-2-3-11(17)7-12/h2-4,7H,5-6,8-9H2,1H3,(H,20,22)(H,18,19,23). The van der Waals surface area contributed by atoms with E-state index in [2.05, 4.69) is 15.3 Å². The van der Waals surface area contributed by atoms with Crippen molar-refractivity contribution in [3.05, 3.63) is 57.5 Å². The first kappa shape index (κ1) is 15.4. The number of H-pyrrole nitrogens is 1. The van der Waals surface area contributed by atoms with Gasteiger partial charge in [0, 0.05) is 31.7 Å². The summed E-state index contributed by atoms with van der Waals surface area (Å²) in [7, 11) is 0. The minimum Gasteiger partial charge on any atom is -0.326 e. The molecule has 0 bridgehead atoms. The summed E-state index contributed by atoms with van der Waals surface area (Å²) in [6.45, 7) is 3.31. The van der Waals surface area contributed by atoms with Crippen LogP contribution < -0.4 is 10.9 Å². The molecule has 0 aliphatic carbocycles. The van der Waals surface area contributed by atoms with Crippen LogP contribution in [0.2, 0.25) is 0 Å². The zero-order chi connectivity index (χ0) is 16.4. The Morgan fingerprint density at radius 3 is 3.04 bits per heavy atom. The molecule has 1 amide bonds. The summed E-state index contributed by atoms with van der Waals surface area (Å²) < 4.78 is 13.1. The number of carbonyl (C=O) groups is 1. The summed E-state index contributed by atoms with van der Waals surface area (Å²) in [5, 5.41) is 2.66. The van der Waals surface area contributed by atoms with Gasteiger partial charge in [0.2, 0.25) is 5.91 Å². The van der Waals surface area contributed by atoms with Gasteiger partial charge < -0.3 is 10.3 Å². The third-order valence-electron chi connectivity index (χ3n) is 3.74. The van der Waals surface area contributed by atoms with Gasteiger partial charge in [0.05, 0.1) is 11.3 Å². The molecule has 2 aromatic rings. The van der Waals surface area contributed by atoms with E-state index < -0.39 is 5.82 Å². The molecule has 1 aliphatic heterocycles. The highest BCUT2D eigenvalue weighted by molar-refractivity contribution is 5.90. The first-order chi connectivity index (χ1) is 11.0. The second-order valence-electron chi connectivity index (χ2n) is 5.60. The SMILES string of the molecule is Cc1nc2c(c(=O)[nH]1)CN(CCC(=O)Nc1cccc(F)c1)C2. The van der Waals surface area contributed by atoms with Gasteiger partial charge in [-0.05, 0) is 25.1 Å². The molecule has 1 aromatic heterocycles. The number of hydrogen-bond acceptors (Lipinski definition) is 4. The summed E-state index contributed by atoms with van der Waals surface area (Å²) >= 11 is 0. The van der Waals surface area contributed by atoms with E-state index in [9.17, 15) is 14.0 Å². The quantitative estimate of drug-likeness (QED) is 0.897. The minimum atomic E-state index is -0.390. The maximum Gasteiger partial charge on any atom is 0.255 e. The molecule has 23 heavy (non-hydrogen) atoms. The number of rotatable bonds is 4. The number of anilines is 1. The largest absolute Gasteiger partial charge is 0.326 e.